The van der Waals surface area contributed by atoms with Crippen LogP contribution in [0.4, 0.5) is 0 Å². The molecule has 0 aliphatic heterocycles. The minimum absolute atomic E-state index is 0.525. The molecular weight excluding hydrogens is 306 g/mol. The molecule has 3 rings (SSSR count). The van der Waals surface area contributed by atoms with Gasteiger partial charge in [-0.25, -0.2) is 0 Å². The van der Waals surface area contributed by atoms with Crippen LogP contribution in [0.3, 0.4) is 0 Å². The molecule has 3 heteroatoms. The first-order valence-electron chi connectivity index (χ1n) is 7.16. The fraction of sp³-hybridized carbons (Fsp3) is 0.0500. The molecule has 3 aromatic carbocycles. The average Bonchev–Trinajstić information content (AvgIpc) is 2.59. The van der Waals surface area contributed by atoms with Gasteiger partial charge >= 0.3 is 0 Å². The van der Waals surface area contributed by atoms with E-state index in [0.717, 1.165) is 21.9 Å². The first-order valence-corrected chi connectivity index (χ1v) is 7.53. The molecule has 0 spiro atoms. The Morgan fingerprint density at radius 2 is 1.83 bits per heavy atom. The van der Waals surface area contributed by atoms with Crippen LogP contribution in [0.15, 0.2) is 60.7 Å². The molecule has 0 aliphatic rings. The van der Waals surface area contributed by atoms with Crippen LogP contribution in [-0.4, -0.2) is 7.11 Å². The summed E-state index contributed by atoms with van der Waals surface area (Å²) in [5.74, 6) is 0.619. The number of hydrogen-bond donors (Lipinski definition) is 0. The minimum Gasteiger partial charge on any atom is -0.495 e. The highest BCUT2D eigenvalue weighted by Gasteiger charge is 2.05. The fourth-order valence-electron chi connectivity index (χ4n) is 2.48. The van der Waals surface area contributed by atoms with E-state index in [-0.39, 0.29) is 0 Å². The lowest BCUT2D eigenvalue weighted by atomic mass is 10.0. The number of rotatable bonds is 3. The van der Waals surface area contributed by atoms with Gasteiger partial charge in [-0.3, -0.25) is 0 Å². The van der Waals surface area contributed by atoms with Crippen LogP contribution in [-0.2, 0) is 0 Å². The molecule has 0 aromatic heterocycles. The van der Waals surface area contributed by atoms with Gasteiger partial charge in [0.05, 0.1) is 23.8 Å². The van der Waals surface area contributed by atoms with Gasteiger partial charge in [0, 0.05) is 0 Å². The van der Waals surface area contributed by atoms with E-state index in [2.05, 4.69) is 12.1 Å². The number of nitrogens with zero attached hydrogens (tertiary/aromatic N) is 1. The molecule has 0 heterocycles. The molecule has 0 N–H and O–H groups in total. The van der Waals surface area contributed by atoms with Crippen molar-refractivity contribution in [2.24, 2.45) is 0 Å². The van der Waals surface area contributed by atoms with Gasteiger partial charge in [0.1, 0.15) is 5.75 Å². The number of methoxy groups -OCH3 is 1. The standard InChI is InChI=1S/C20H14ClNO/c1-23-20-9-6-14(11-19(20)21)10-18(13-22)17-8-7-15-4-2-3-5-16(15)12-17/h2-12H,1H3/b18-10-. The smallest absolute Gasteiger partial charge is 0.137 e. The van der Waals surface area contributed by atoms with Crippen molar-refractivity contribution in [1.29, 1.82) is 5.26 Å². The number of nitriles is 1. The third-order valence-corrected chi connectivity index (χ3v) is 3.96. The zero-order chi connectivity index (χ0) is 16.2. The van der Waals surface area contributed by atoms with E-state index < -0.39 is 0 Å². The Balaban J connectivity index is 2.04. The Morgan fingerprint density at radius 1 is 1.04 bits per heavy atom. The largest absolute Gasteiger partial charge is 0.495 e. The normalized spacial score (nSPS) is 11.3. The van der Waals surface area contributed by atoms with Gasteiger partial charge in [-0.1, -0.05) is 54.1 Å². The Labute approximate surface area is 140 Å². The van der Waals surface area contributed by atoms with E-state index in [1.807, 2.05) is 48.5 Å². The summed E-state index contributed by atoms with van der Waals surface area (Å²) in [4.78, 5) is 0. The van der Waals surface area contributed by atoms with Gasteiger partial charge in [0.25, 0.3) is 0 Å². The van der Waals surface area contributed by atoms with Crippen molar-refractivity contribution in [3.8, 4) is 11.8 Å². The second-order valence-corrected chi connectivity index (χ2v) is 5.53. The lowest BCUT2D eigenvalue weighted by Crippen LogP contribution is -1.86. The third kappa shape index (κ3) is 3.21. The summed E-state index contributed by atoms with van der Waals surface area (Å²) in [6, 6.07) is 21.8. The first kappa shape index (κ1) is 15.1. The lowest BCUT2D eigenvalue weighted by Gasteiger charge is -2.05. The van der Waals surface area contributed by atoms with Crippen molar-refractivity contribution in [2.45, 2.75) is 0 Å². The summed E-state index contributed by atoms with van der Waals surface area (Å²) in [5, 5.41) is 12.3. The molecule has 0 fully saturated rings. The molecule has 0 amide bonds. The molecule has 23 heavy (non-hydrogen) atoms. The van der Waals surface area contributed by atoms with Crippen LogP contribution >= 0.6 is 11.6 Å². The molecule has 0 unspecified atom stereocenters. The van der Waals surface area contributed by atoms with Gasteiger partial charge in [0.2, 0.25) is 0 Å². The van der Waals surface area contributed by atoms with Crippen molar-refractivity contribution in [1.82, 2.24) is 0 Å². The molecule has 0 saturated carbocycles. The van der Waals surface area contributed by atoms with Crippen molar-refractivity contribution in [2.75, 3.05) is 7.11 Å². The summed E-state index contributed by atoms with van der Waals surface area (Å²) in [5.41, 5.74) is 2.34. The molecular formula is C20H14ClNO. The quantitative estimate of drug-likeness (QED) is 0.467. The van der Waals surface area contributed by atoms with Crippen molar-refractivity contribution >= 4 is 34.0 Å². The van der Waals surface area contributed by atoms with Crippen molar-refractivity contribution in [3.05, 3.63) is 76.8 Å². The van der Waals surface area contributed by atoms with E-state index in [1.54, 1.807) is 19.2 Å². The Kier molecular flexibility index (Phi) is 4.32. The summed E-state index contributed by atoms with van der Waals surface area (Å²) in [6.45, 7) is 0. The zero-order valence-electron chi connectivity index (χ0n) is 12.6. The predicted octanol–water partition coefficient (Wildman–Crippen LogP) is 5.57. The molecule has 0 bridgehead atoms. The minimum atomic E-state index is 0.525. The van der Waals surface area contributed by atoms with Crippen LogP contribution in [0.25, 0.3) is 22.4 Å². The Morgan fingerprint density at radius 3 is 2.52 bits per heavy atom. The third-order valence-electron chi connectivity index (χ3n) is 3.67. The number of halogens is 1. The van der Waals surface area contributed by atoms with Crippen LogP contribution < -0.4 is 4.74 Å². The summed E-state index contributed by atoms with van der Waals surface area (Å²) in [7, 11) is 1.58. The van der Waals surface area contributed by atoms with E-state index in [1.165, 1.54) is 0 Å². The lowest BCUT2D eigenvalue weighted by molar-refractivity contribution is 0.415. The van der Waals surface area contributed by atoms with Gasteiger partial charge in [0.15, 0.2) is 0 Å². The summed E-state index contributed by atoms with van der Waals surface area (Å²) < 4.78 is 5.15. The zero-order valence-corrected chi connectivity index (χ0v) is 13.3. The summed E-state index contributed by atoms with van der Waals surface area (Å²) >= 11 is 6.14. The topological polar surface area (TPSA) is 33.0 Å². The molecule has 2 nitrogen and oxygen atoms in total. The highest BCUT2D eigenvalue weighted by Crippen LogP contribution is 2.28. The maximum absolute atomic E-state index is 9.51. The maximum atomic E-state index is 9.51. The van der Waals surface area contributed by atoms with E-state index >= 15 is 0 Å². The first-order chi connectivity index (χ1) is 11.2. The highest BCUT2D eigenvalue weighted by molar-refractivity contribution is 6.32. The average molecular weight is 320 g/mol. The molecule has 0 saturated heterocycles. The second-order valence-electron chi connectivity index (χ2n) is 5.13. The van der Waals surface area contributed by atoms with Crippen LogP contribution in [0.2, 0.25) is 5.02 Å². The van der Waals surface area contributed by atoms with Crippen LogP contribution in [0, 0.1) is 11.3 Å². The molecule has 112 valence electrons. The number of ether oxygens (including phenoxy) is 1. The van der Waals surface area contributed by atoms with Crippen LogP contribution in [0.5, 0.6) is 5.75 Å². The van der Waals surface area contributed by atoms with E-state index in [9.17, 15) is 5.26 Å². The molecule has 0 atom stereocenters. The monoisotopic (exact) mass is 319 g/mol. The highest BCUT2D eigenvalue weighted by atomic mass is 35.5. The molecule has 3 aromatic rings. The van der Waals surface area contributed by atoms with Crippen molar-refractivity contribution < 1.29 is 4.74 Å². The maximum Gasteiger partial charge on any atom is 0.137 e. The van der Waals surface area contributed by atoms with E-state index in [4.69, 9.17) is 16.3 Å². The Hall–Kier alpha value is -2.76. The number of benzene rings is 3. The van der Waals surface area contributed by atoms with Gasteiger partial charge in [-0.15, -0.1) is 0 Å². The van der Waals surface area contributed by atoms with Crippen LogP contribution in [0.1, 0.15) is 11.1 Å². The number of allylic oxidation sites excluding steroid dienone is 1. The molecule has 0 aliphatic carbocycles. The second kappa shape index (κ2) is 6.56. The SMILES string of the molecule is COc1ccc(/C=C(/C#N)c2ccc3ccccc3c2)cc1Cl. The van der Waals surface area contributed by atoms with Gasteiger partial charge in [-0.05, 0) is 46.2 Å². The number of hydrogen-bond acceptors (Lipinski definition) is 2. The predicted molar refractivity (Wildman–Crippen MR) is 95.4 cm³/mol. The Bertz CT molecular complexity index is 938. The van der Waals surface area contributed by atoms with Gasteiger partial charge in [-0.2, -0.15) is 5.26 Å². The molecule has 0 radical (unpaired) electrons. The van der Waals surface area contributed by atoms with E-state index in [0.29, 0.717) is 16.3 Å². The summed E-state index contributed by atoms with van der Waals surface area (Å²) in [6.07, 6.45) is 1.83. The number of fused-ring (bicyclic) bond motifs is 1. The van der Waals surface area contributed by atoms with Gasteiger partial charge < -0.3 is 4.74 Å². The fourth-order valence-corrected chi connectivity index (χ4v) is 2.74. The van der Waals surface area contributed by atoms with Crippen molar-refractivity contribution in [3.63, 3.8) is 0 Å².